The van der Waals surface area contributed by atoms with E-state index in [0.717, 1.165) is 32.5 Å². The predicted molar refractivity (Wildman–Crippen MR) is 81.3 cm³/mol. The number of aliphatic imine (C=N–C) groups is 1. The Morgan fingerprint density at radius 2 is 2.16 bits per heavy atom. The molecule has 2 aromatic rings. The quantitative estimate of drug-likeness (QED) is 0.475. The largest absolute Gasteiger partial charge is 0.370 e. The standard InChI is InChI=1S/C15H22N4/c1-2-9-17-15(16)18-10-5-11-19-12-8-13-6-3-4-7-14(13)19/h3-4,6-8,12H,2,5,9-11H2,1H3,(H3,16,17,18). The third kappa shape index (κ3) is 3.74. The average molecular weight is 258 g/mol. The molecule has 4 nitrogen and oxygen atoms in total. The van der Waals surface area contributed by atoms with Crippen molar-refractivity contribution in [3.05, 3.63) is 36.5 Å². The first-order valence-electron chi connectivity index (χ1n) is 6.89. The van der Waals surface area contributed by atoms with E-state index in [9.17, 15) is 0 Å². The zero-order chi connectivity index (χ0) is 13.5. The number of nitrogens with zero attached hydrogens (tertiary/aromatic N) is 2. The van der Waals surface area contributed by atoms with Gasteiger partial charge in [-0.05, 0) is 30.4 Å². The van der Waals surface area contributed by atoms with Crippen molar-refractivity contribution in [1.29, 1.82) is 0 Å². The molecule has 0 saturated heterocycles. The molecule has 0 spiro atoms. The van der Waals surface area contributed by atoms with Gasteiger partial charge in [0.15, 0.2) is 5.96 Å². The number of hydrogen-bond acceptors (Lipinski definition) is 1. The molecule has 102 valence electrons. The Bertz CT molecular complexity index is 542. The highest BCUT2D eigenvalue weighted by Gasteiger charge is 1.99. The number of benzene rings is 1. The van der Waals surface area contributed by atoms with E-state index in [4.69, 9.17) is 5.73 Å². The molecule has 0 saturated carbocycles. The number of aryl methyl sites for hydroxylation is 1. The van der Waals surface area contributed by atoms with E-state index in [1.54, 1.807) is 0 Å². The first-order valence-corrected chi connectivity index (χ1v) is 6.89. The number of aromatic nitrogens is 1. The monoisotopic (exact) mass is 258 g/mol. The normalized spacial score (nSPS) is 11.9. The summed E-state index contributed by atoms with van der Waals surface area (Å²) in [7, 11) is 0. The molecule has 0 unspecified atom stereocenters. The van der Waals surface area contributed by atoms with Gasteiger partial charge in [-0.15, -0.1) is 0 Å². The number of rotatable bonds is 6. The van der Waals surface area contributed by atoms with Crippen LogP contribution in [0.4, 0.5) is 0 Å². The van der Waals surface area contributed by atoms with Crippen molar-refractivity contribution >= 4 is 16.9 Å². The van der Waals surface area contributed by atoms with Gasteiger partial charge in [0.05, 0.1) is 0 Å². The molecule has 0 radical (unpaired) electrons. The summed E-state index contributed by atoms with van der Waals surface area (Å²) in [6, 6.07) is 10.6. The topological polar surface area (TPSA) is 55.3 Å². The third-order valence-electron chi connectivity index (χ3n) is 3.07. The van der Waals surface area contributed by atoms with Gasteiger partial charge in [-0.3, -0.25) is 4.99 Å². The van der Waals surface area contributed by atoms with Crippen LogP contribution in [0.1, 0.15) is 19.8 Å². The fourth-order valence-corrected chi connectivity index (χ4v) is 2.09. The van der Waals surface area contributed by atoms with Gasteiger partial charge in [-0.25, -0.2) is 0 Å². The lowest BCUT2D eigenvalue weighted by molar-refractivity contribution is 0.646. The maximum atomic E-state index is 5.74. The molecule has 0 bridgehead atoms. The zero-order valence-corrected chi connectivity index (χ0v) is 11.5. The molecule has 0 amide bonds. The van der Waals surface area contributed by atoms with Crippen LogP contribution in [-0.2, 0) is 6.54 Å². The summed E-state index contributed by atoms with van der Waals surface area (Å²) in [5, 5.41) is 4.43. The van der Waals surface area contributed by atoms with Crippen molar-refractivity contribution in [1.82, 2.24) is 9.88 Å². The number of hydrogen-bond donors (Lipinski definition) is 2. The predicted octanol–water partition coefficient (Wildman–Crippen LogP) is 2.35. The van der Waals surface area contributed by atoms with Crippen LogP contribution < -0.4 is 11.1 Å². The fourth-order valence-electron chi connectivity index (χ4n) is 2.09. The Balaban J connectivity index is 1.80. The van der Waals surface area contributed by atoms with Gasteiger partial charge in [0.25, 0.3) is 0 Å². The van der Waals surface area contributed by atoms with Gasteiger partial charge in [0.2, 0.25) is 0 Å². The number of nitrogens with one attached hydrogen (secondary N) is 1. The van der Waals surface area contributed by atoms with Crippen LogP contribution in [0.15, 0.2) is 41.5 Å². The van der Waals surface area contributed by atoms with Gasteiger partial charge < -0.3 is 15.6 Å². The van der Waals surface area contributed by atoms with E-state index < -0.39 is 0 Å². The second-order valence-corrected chi connectivity index (χ2v) is 4.62. The second-order valence-electron chi connectivity index (χ2n) is 4.62. The molecular weight excluding hydrogens is 236 g/mol. The van der Waals surface area contributed by atoms with Crippen LogP contribution in [0.5, 0.6) is 0 Å². The molecule has 1 heterocycles. The molecule has 1 aromatic heterocycles. The number of nitrogens with two attached hydrogens (primary N) is 1. The smallest absolute Gasteiger partial charge is 0.188 e. The molecule has 0 atom stereocenters. The molecular formula is C15H22N4. The van der Waals surface area contributed by atoms with E-state index in [1.165, 1.54) is 10.9 Å². The minimum absolute atomic E-state index is 0.555. The van der Waals surface area contributed by atoms with E-state index in [1.807, 2.05) is 0 Å². The molecule has 4 heteroatoms. The molecule has 0 aliphatic rings. The van der Waals surface area contributed by atoms with E-state index in [-0.39, 0.29) is 0 Å². The summed E-state index contributed by atoms with van der Waals surface area (Å²) in [6.45, 7) is 4.72. The number of guanidine groups is 1. The van der Waals surface area contributed by atoms with Crippen molar-refractivity contribution in [3.63, 3.8) is 0 Å². The van der Waals surface area contributed by atoms with Gasteiger partial charge in [-0.2, -0.15) is 0 Å². The van der Waals surface area contributed by atoms with Crippen LogP contribution >= 0.6 is 0 Å². The lowest BCUT2D eigenvalue weighted by atomic mass is 10.2. The Morgan fingerprint density at radius 3 is 3.00 bits per heavy atom. The van der Waals surface area contributed by atoms with E-state index in [2.05, 4.69) is 58.3 Å². The van der Waals surface area contributed by atoms with E-state index in [0.29, 0.717) is 5.96 Å². The first-order chi connectivity index (χ1) is 9.31. The van der Waals surface area contributed by atoms with E-state index >= 15 is 0 Å². The summed E-state index contributed by atoms with van der Waals surface area (Å²) >= 11 is 0. The minimum Gasteiger partial charge on any atom is -0.370 e. The van der Waals surface area contributed by atoms with Crippen LogP contribution in [-0.4, -0.2) is 23.6 Å². The summed E-state index contributed by atoms with van der Waals surface area (Å²) in [4.78, 5) is 4.20. The first kappa shape index (κ1) is 13.5. The molecule has 2 rings (SSSR count). The molecule has 3 N–H and O–H groups in total. The van der Waals surface area contributed by atoms with Crippen molar-refractivity contribution in [2.24, 2.45) is 10.7 Å². The maximum absolute atomic E-state index is 5.74. The Labute approximate surface area is 114 Å². The highest BCUT2D eigenvalue weighted by Crippen LogP contribution is 2.14. The Morgan fingerprint density at radius 1 is 1.32 bits per heavy atom. The number of fused-ring (bicyclic) bond motifs is 1. The minimum atomic E-state index is 0.555. The summed E-state index contributed by atoms with van der Waals surface area (Å²) in [5.74, 6) is 0.555. The molecule has 1 aromatic carbocycles. The molecule has 0 aliphatic heterocycles. The fraction of sp³-hybridized carbons (Fsp3) is 0.400. The molecule has 0 aliphatic carbocycles. The number of para-hydroxylation sites is 1. The lowest BCUT2D eigenvalue weighted by Crippen LogP contribution is -2.32. The van der Waals surface area contributed by atoms with Gasteiger partial charge in [0.1, 0.15) is 0 Å². The van der Waals surface area contributed by atoms with Crippen molar-refractivity contribution < 1.29 is 0 Å². The van der Waals surface area contributed by atoms with Crippen LogP contribution in [0.25, 0.3) is 10.9 Å². The zero-order valence-electron chi connectivity index (χ0n) is 11.5. The van der Waals surface area contributed by atoms with Gasteiger partial charge >= 0.3 is 0 Å². The van der Waals surface area contributed by atoms with Crippen LogP contribution in [0.2, 0.25) is 0 Å². The summed E-state index contributed by atoms with van der Waals surface area (Å²) in [5.41, 5.74) is 7.03. The second kappa shape index (κ2) is 6.83. The van der Waals surface area contributed by atoms with Gasteiger partial charge in [0, 0.05) is 31.3 Å². The summed E-state index contributed by atoms with van der Waals surface area (Å²) < 4.78 is 2.27. The SMILES string of the molecule is CCCN=C(N)NCCCn1ccc2ccccc21. The van der Waals surface area contributed by atoms with Crippen LogP contribution in [0, 0.1) is 0 Å². The molecule has 19 heavy (non-hydrogen) atoms. The Kier molecular flexibility index (Phi) is 4.84. The highest BCUT2D eigenvalue weighted by molar-refractivity contribution is 5.80. The third-order valence-corrected chi connectivity index (χ3v) is 3.07. The van der Waals surface area contributed by atoms with Crippen molar-refractivity contribution in [2.45, 2.75) is 26.3 Å². The lowest BCUT2D eigenvalue weighted by Gasteiger charge is -2.07. The van der Waals surface area contributed by atoms with Crippen molar-refractivity contribution in [3.8, 4) is 0 Å². The Hall–Kier alpha value is -1.97. The maximum Gasteiger partial charge on any atom is 0.188 e. The molecule has 0 fully saturated rings. The van der Waals surface area contributed by atoms with Crippen LogP contribution in [0.3, 0.4) is 0 Å². The highest BCUT2D eigenvalue weighted by atomic mass is 15.1. The average Bonchev–Trinajstić information content (AvgIpc) is 2.85. The van der Waals surface area contributed by atoms with Crippen molar-refractivity contribution in [2.75, 3.05) is 13.1 Å². The summed E-state index contributed by atoms with van der Waals surface area (Å²) in [6.07, 6.45) is 4.19. The van der Waals surface area contributed by atoms with Gasteiger partial charge in [-0.1, -0.05) is 25.1 Å².